The fourth-order valence-electron chi connectivity index (χ4n) is 2.55. The minimum atomic E-state index is -0.760. The quantitative estimate of drug-likeness (QED) is 0.254. The van der Waals surface area contributed by atoms with Crippen molar-refractivity contribution in [3.8, 4) is 11.8 Å². The number of carbonyl (C=O) groups is 3. The summed E-state index contributed by atoms with van der Waals surface area (Å²) in [5, 5.41) is 2.61. The molecule has 0 radical (unpaired) electrons. The van der Waals surface area contributed by atoms with Crippen molar-refractivity contribution in [3.05, 3.63) is 60.3 Å². The number of esters is 1. The van der Waals surface area contributed by atoms with Crippen LogP contribution in [0.5, 0.6) is 0 Å². The number of amides is 2. The van der Waals surface area contributed by atoms with Gasteiger partial charge in [0.2, 0.25) is 5.91 Å². The van der Waals surface area contributed by atoms with Gasteiger partial charge < -0.3 is 15.0 Å². The number of rotatable bonds is 11. The first-order valence-electron chi connectivity index (χ1n) is 10.4. The van der Waals surface area contributed by atoms with Gasteiger partial charge >= 0.3 is 5.97 Å². The summed E-state index contributed by atoms with van der Waals surface area (Å²) in [6.45, 7) is 10.7. The summed E-state index contributed by atoms with van der Waals surface area (Å²) >= 11 is 0. The second kappa shape index (κ2) is 13.8. The summed E-state index contributed by atoms with van der Waals surface area (Å²) in [4.78, 5) is 37.6. The van der Waals surface area contributed by atoms with Gasteiger partial charge in [0.15, 0.2) is 0 Å². The number of ether oxygens (including phenoxy) is 1. The Hall–Kier alpha value is -3.33. The summed E-state index contributed by atoms with van der Waals surface area (Å²) in [6.07, 6.45) is 5.34. The zero-order chi connectivity index (χ0) is 23.2. The molecular formula is C25H32N2O4. The molecule has 166 valence electrons. The summed E-state index contributed by atoms with van der Waals surface area (Å²) < 4.78 is 4.92. The predicted molar refractivity (Wildman–Crippen MR) is 122 cm³/mol. The Bertz CT molecular complexity index is 864. The fraction of sp³-hybridized carbons (Fsp3) is 0.400. The number of carbonyl (C=O) groups excluding carboxylic acids is 3. The van der Waals surface area contributed by atoms with Crippen molar-refractivity contribution in [2.75, 3.05) is 13.7 Å². The van der Waals surface area contributed by atoms with E-state index in [1.807, 2.05) is 13.0 Å². The number of hydrogen-bond acceptors (Lipinski definition) is 4. The highest BCUT2D eigenvalue weighted by molar-refractivity contribution is 5.97. The van der Waals surface area contributed by atoms with Crippen molar-refractivity contribution in [1.29, 1.82) is 0 Å². The van der Waals surface area contributed by atoms with E-state index in [9.17, 15) is 14.4 Å². The molecule has 0 aromatic heterocycles. The molecule has 0 fully saturated rings. The molecule has 6 heteroatoms. The Labute approximate surface area is 185 Å². The number of benzene rings is 1. The lowest BCUT2D eigenvalue weighted by molar-refractivity contribution is -0.144. The average Bonchev–Trinajstić information content (AvgIpc) is 2.75. The number of nitrogens with zero attached hydrogens (tertiary/aromatic N) is 1. The van der Waals surface area contributed by atoms with Crippen LogP contribution in [0.25, 0.3) is 0 Å². The Balaban J connectivity index is 2.45. The third kappa shape index (κ3) is 9.81. The van der Waals surface area contributed by atoms with E-state index < -0.39 is 12.0 Å². The Morgan fingerprint density at radius 2 is 2.00 bits per heavy atom. The predicted octanol–water partition coefficient (Wildman–Crippen LogP) is 3.83. The van der Waals surface area contributed by atoms with Crippen LogP contribution in [0.4, 0.5) is 0 Å². The number of hydrogen-bond donors (Lipinski definition) is 1. The van der Waals surface area contributed by atoms with E-state index in [4.69, 9.17) is 4.74 Å². The molecule has 1 aromatic rings. The number of nitrogens with one attached hydrogen (secondary N) is 1. The van der Waals surface area contributed by atoms with E-state index in [1.165, 1.54) is 6.08 Å². The molecule has 1 N–H and O–H groups in total. The number of allylic oxidation sites excluding steroid dienone is 1. The van der Waals surface area contributed by atoms with Gasteiger partial charge in [-0.25, -0.2) is 4.79 Å². The SMILES string of the molecule is C=CCOC(=O)C(C)NC(=O)c1cccc(C#CCCCCCC(=O)N(C)C(=C)C)c1. The van der Waals surface area contributed by atoms with Gasteiger partial charge in [0.25, 0.3) is 5.91 Å². The van der Waals surface area contributed by atoms with Crippen LogP contribution < -0.4 is 5.32 Å². The Morgan fingerprint density at radius 3 is 2.68 bits per heavy atom. The van der Waals surface area contributed by atoms with Crippen LogP contribution in [0.3, 0.4) is 0 Å². The lowest BCUT2D eigenvalue weighted by atomic mass is 10.1. The van der Waals surface area contributed by atoms with Gasteiger partial charge in [-0.3, -0.25) is 9.59 Å². The summed E-state index contributed by atoms with van der Waals surface area (Å²) in [6, 6.07) is 6.18. The second-order valence-electron chi connectivity index (χ2n) is 7.25. The molecule has 1 atom stereocenters. The van der Waals surface area contributed by atoms with Crippen molar-refractivity contribution in [2.24, 2.45) is 0 Å². The van der Waals surface area contributed by atoms with E-state index in [-0.39, 0.29) is 18.4 Å². The molecule has 1 aromatic carbocycles. The van der Waals surface area contributed by atoms with Crippen molar-refractivity contribution >= 4 is 17.8 Å². The summed E-state index contributed by atoms with van der Waals surface area (Å²) in [5.74, 6) is 5.36. The van der Waals surface area contributed by atoms with Crippen molar-refractivity contribution < 1.29 is 19.1 Å². The minimum Gasteiger partial charge on any atom is -0.460 e. The van der Waals surface area contributed by atoms with Crippen molar-refractivity contribution in [1.82, 2.24) is 10.2 Å². The zero-order valence-electron chi connectivity index (χ0n) is 18.7. The van der Waals surface area contributed by atoms with E-state index >= 15 is 0 Å². The van der Waals surface area contributed by atoms with Crippen LogP contribution in [-0.4, -0.2) is 42.4 Å². The molecule has 0 bridgehead atoms. The van der Waals surface area contributed by atoms with E-state index in [2.05, 4.69) is 30.3 Å². The molecule has 0 saturated heterocycles. The first-order chi connectivity index (χ1) is 14.8. The van der Waals surface area contributed by atoms with Crippen molar-refractivity contribution in [2.45, 2.75) is 52.0 Å². The molecule has 0 heterocycles. The topological polar surface area (TPSA) is 75.7 Å². The largest absolute Gasteiger partial charge is 0.460 e. The van der Waals surface area contributed by atoms with Gasteiger partial charge in [0.05, 0.1) is 0 Å². The molecule has 0 spiro atoms. The van der Waals surface area contributed by atoms with Crippen LogP contribution >= 0.6 is 0 Å². The van der Waals surface area contributed by atoms with Gasteiger partial charge in [-0.2, -0.15) is 0 Å². The monoisotopic (exact) mass is 424 g/mol. The van der Waals surface area contributed by atoms with Gasteiger partial charge in [-0.15, -0.1) is 0 Å². The molecular weight excluding hydrogens is 392 g/mol. The average molecular weight is 425 g/mol. The maximum Gasteiger partial charge on any atom is 0.328 e. The second-order valence-corrected chi connectivity index (χ2v) is 7.25. The van der Waals surface area contributed by atoms with Gasteiger partial charge in [0.1, 0.15) is 12.6 Å². The van der Waals surface area contributed by atoms with E-state index in [0.717, 1.165) is 30.5 Å². The van der Waals surface area contributed by atoms with Crippen LogP contribution in [0.15, 0.2) is 49.2 Å². The molecule has 31 heavy (non-hydrogen) atoms. The summed E-state index contributed by atoms with van der Waals surface area (Å²) in [7, 11) is 1.74. The summed E-state index contributed by atoms with van der Waals surface area (Å²) in [5.41, 5.74) is 1.90. The Kier molecular flexibility index (Phi) is 11.5. The molecule has 1 unspecified atom stereocenters. The van der Waals surface area contributed by atoms with Crippen molar-refractivity contribution in [3.63, 3.8) is 0 Å². The lowest BCUT2D eigenvalue weighted by Gasteiger charge is -2.16. The van der Waals surface area contributed by atoms with Crippen LogP contribution in [0, 0.1) is 11.8 Å². The standard InChI is InChI=1S/C25H32N2O4/c1-6-17-31-25(30)20(4)26-24(29)22-15-12-14-21(18-22)13-10-8-7-9-11-16-23(28)27(5)19(2)3/h6,12,14-15,18,20H,1-2,7-9,11,16-17H2,3-5H3,(H,26,29). The molecule has 6 nitrogen and oxygen atoms in total. The maximum absolute atomic E-state index is 12.4. The first-order valence-corrected chi connectivity index (χ1v) is 10.4. The normalized spacial score (nSPS) is 10.8. The van der Waals surface area contributed by atoms with E-state index in [0.29, 0.717) is 18.4 Å². The molecule has 0 aliphatic heterocycles. The highest BCUT2D eigenvalue weighted by Gasteiger charge is 2.17. The molecule has 0 saturated carbocycles. The fourth-order valence-corrected chi connectivity index (χ4v) is 2.55. The third-order valence-corrected chi connectivity index (χ3v) is 4.54. The highest BCUT2D eigenvalue weighted by atomic mass is 16.5. The smallest absolute Gasteiger partial charge is 0.328 e. The molecule has 0 aliphatic carbocycles. The third-order valence-electron chi connectivity index (χ3n) is 4.54. The zero-order valence-corrected chi connectivity index (χ0v) is 18.7. The molecule has 0 aliphatic rings. The lowest BCUT2D eigenvalue weighted by Crippen LogP contribution is -2.39. The number of unbranched alkanes of at least 4 members (excludes halogenated alkanes) is 3. The van der Waals surface area contributed by atoms with Crippen LogP contribution in [-0.2, 0) is 14.3 Å². The maximum atomic E-state index is 12.4. The Morgan fingerprint density at radius 1 is 1.26 bits per heavy atom. The van der Waals surface area contributed by atoms with Crippen LogP contribution in [0.1, 0.15) is 61.9 Å². The minimum absolute atomic E-state index is 0.0805. The first kappa shape index (κ1) is 25.7. The highest BCUT2D eigenvalue weighted by Crippen LogP contribution is 2.08. The van der Waals surface area contributed by atoms with Gasteiger partial charge in [0, 0.05) is 36.7 Å². The van der Waals surface area contributed by atoms with E-state index in [1.54, 1.807) is 37.1 Å². The van der Waals surface area contributed by atoms with Gasteiger partial charge in [-0.1, -0.05) is 43.6 Å². The van der Waals surface area contributed by atoms with Gasteiger partial charge in [-0.05, 0) is 44.9 Å². The van der Waals surface area contributed by atoms with Crippen LogP contribution in [0.2, 0.25) is 0 Å². The molecule has 1 rings (SSSR count). The molecule has 2 amide bonds.